The quantitative estimate of drug-likeness (QED) is 0.864. The molecule has 2 N–H and O–H groups in total. The third-order valence-electron chi connectivity index (χ3n) is 3.76. The summed E-state index contributed by atoms with van der Waals surface area (Å²) in [6, 6.07) is 0.817. The van der Waals surface area contributed by atoms with Crippen LogP contribution >= 0.6 is 0 Å². The van der Waals surface area contributed by atoms with Crippen molar-refractivity contribution >= 4 is 0 Å². The maximum atomic E-state index is 5.87. The maximum absolute atomic E-state index is 5.87. The van der Waals surface area contributed by atoms with Gasteiger partial charge in [-0.05, 0) is 33.2 Å². The van der Waals surface area contributed by atoms with E-state index in [1.54, 1.807) is 12.4 Å². The molecule has 0 aromatic carbocycles. The molecule has 0 aliphatic carbocycles. The minimum atomic E-state index is 0.317. The van der Waals surface area contributed by atoms with Gasteiger partial charge in [0, 0.05) is 25.0 Å². The molecule has 94 valence electrons. The topological polar surface area (TPSA) is 55.0 Å². The Hall–Kier alpha value is -1.00. The first-order valence-corrected chi connectivity index (χ1v) is 6.47. The number of nitrogens with two attached hydrogens (primary N) is 1. The lowest BCUT2D eigenvalue weighted by molar-refractivity contribution is 0.105. The van der Waals surface area contributed by atoms with Gasteiger partial charge in [-0.25, -0.2) is 0 Å². The van der Waals surface area contributed by atoms with Gasteiger partial charge in [-0.15, -0.1) is 0 Å². The molecule has 2 atom stereocenters. The molecule has 1 aliphatic rings. The van der Waals surface area contributed by atoms with E-state index in [0.717, 1.165) is 24.5 Å². The van der Waals surface area contributed by atoms with Crippen molar-refractivity contribution in [3.05, 3.63) is 23.8 Å². The normalized spacial score (nSPS) is 23.6. The number of aryl methyl sites for hydroxylation is 1. The van der Waals surface area contributed by atoms with Crippen LogP contribution in [0.5, 0.6) is 0 Å². The Bertz CT molecular complexity index is 366. The van der Waals surface area contributed by atoms with Crippen LogP contribution in [-0.4, -0.2) is 34.0 Å². The Morgan fingerprint density at radius 3 is 2.88 bits per heavy atom. The van der Waals surface area contributed by atoms with Gasteiger partial charge in [0.15, 0.2) is 0 Å². The van der Waals surface area contributed by atoms with Crippen LogP contribution in [0.1, 0.15) is 43.6 Å². The summed E-state index contributed by atoms with van der Waals surface area (Å²) in [5.41, 5.74) is 7.99. The molecule has 4 heteroatoms. The van der Waals surface area contributed by atoms with Crippen molar-refractivity contribution in [2.75, 3.05) is 13.1 Å². The van der Waals surface area contributed by atoms with E-state index in [1.807, 2.05) is 6.92 Å². The number of aromatic nitrogens is 2. The highest BCUT2D eigenvalue weighted by atomic mass is 15.2. The number of rotatable bonds is 3. The smallest absolute Gasteiger partial charge is 0.0784 e. The SMILES string of the molecule is Cc1nccnc1C(C)N1CCCCC1CN. The lowest BCUT2D eigenvalue weighted by atomic mass is 9.98. The van der Waals surface area contributed by atoms with Gasteiger partial charge < -0.3 is 5.73 Å². The molecule has 1 aromatic rings. The number of hydrogen-bond donors (Lipinski definition) is 1. The molecule has 2 unspecified atom stereocenters. The minimum Gasteiger partial charge on any atom is -0.329 e. The van der Waals surface area contributed by atoms with Gasteiger partial charge in [-0.2, -0.15) is 0 Å². The zero-order valence-corrected chi connectivity index (χ0v) is 10.8. The number of likely N-dealkylation sites (tertiary alicyclic amines) is 1. The number of hydrogen-bond acceptors (Lipinski definition) is 4. The van der Waals surface area contributed by atoms with Crippen molar-refractivity contribution in [3.8, 4) is 0 Å². The summed E-state index contributed by atoms with van der Waals surface area (Å²) in [7, 11) is 0. The van der Waals surface area contributed by atoms with Crippen LogP contribution in [0.2, 0.25) is 0 Å². The van der Waals surface area contributed by atoms with E-state index in [1.165, 1.54) is 19.3 Å². The highest BCUT2D eigenvalue weighted by Gasteiger charge is 2.27. The van der Waals surface area contributed by atoms with Gasteiger partial charge in [0.25, 0.3) is 0 Å². The van der Waals surface area contributed by atoms with Gasteiger partial charge in [0.2, 0.25) is 0 Å². The summed E-state index contributed by atoms with van der Waals surface area (Å²) < 4.78 is 0. The van der Waals surface area contributed by atoms with Crippen LogP contribution in [0.25, 0.3) is 0 Å². The summed E-state index contributed by atoms with van der Waals surface area (Å²) >= 11 is 0. The molecule has 4 nitrogen and oxygen atoms in total. The first kappa shape index (κ1) is 12.5. The standard InChI is InChI=1S/C13H22N4/c1-10-13(16-7-6-15-10)11(2)17-8-4-3-5-12(17)9-14/h6-7,11-12H,3-5,8-9,14H2,1-2H3. The Labute approximate surface area is 103 Å². The lowest BCUT2D eigenvalue weighted by Gasteiger charge is -2.39. The van der Waals surface area contributed by atoms with E-state index in [9.17, 15) is 0 Å². The maximum Gasteiger partial charge on any atom is 0.0784 e. The average molecular weight is 234 g/mol. The predicted octanol–water partition coefficient (Wildman–Crippen LogP) is 1.66. The van der Waals surface area contributed by atoms with Crippen LogP contribution in [0.3, 0.4) is 0 Å². The fourth-order valence-corrected chi connectivity index (χ4v) is 2.77. The Balaban J connectivity index is 2.18. The molecule has 0 spiro atoms. The first-order valence-electron chi connectivity index (χ1n) is 6.47. The molecule has 1 aromatic heterocycles. The Morgan fingerprint density at radius 2 is 2.18 bits per heavy atom. The summed E-state index contributed by atoms with van der Waals surface area (Å²) in [5, 5.41) is 0. The van der Waals surface area contributed by atoms with Crippen molar-refractivity contribution in [2.24, 2.45) is 5.73 Å². The van der Waals surface area contributed by atoms with Gasteiger partial charge in [-0.1, -0.05) is 6.42 Å². The third-order valence-corrected chi connectivity index (χ3v) is 3.76. The third kappa shape index (κ3) is 2.64. The molecule has 2 heterocycles. The van der Waals surface area contributed by atoms with Crippen LogP contribution < -0.4 is 5.73 Å². The van der Waals surface area contributed by atoms with Gasteiger partial charge in [0.05, 0.1) is 17.4 Å². The Morgan fingerprint density at radius 1 is 1.41 bits per heavy atom. The molecule has 0 amide bonds. The summed E-state index contributed by atoms with van der Waals surface area (Å²) in [5.74, 6) is 0. The zero-order valence-electron chi connectivity index (χ0n) is 10.8. The van der Waals surface area contributed by atoms with Gasteiger partial charge in [0.1, 0.15) is 0 Å². The molecular weight excluding hydrogens is 212 g/mol. The monoisotopic (exact) mass is 234 g/mol. The van der Waals surface area contributed by atoms with Crippen molar-refractivity contribution in [3.63, 3.8) is 0 Å². The molecule has 1 fully saturated rings. The highest BCUT2D eigenvalue weighted by Crippen LogP contribution is 2.27. The highest BCUT2D eigenvalue weighted by molar-refractivity contribution is 5.13. The van der Waals surface area contributed by atoms with E-state index in [2.05, 4.69) is 21.8 Å². The second-order valence-electron chi connectivity index (χ2n) is 4.83. The molecule has 1 saturated heterocycles. The van der Waals surface area contributed by atoms with E-state index in [-0.39, 0.29) is 0 Å². The van der Waals surface area contributed by atoms with E-state index in [0.29, 0.717) is 12.1 Å². The molecule has 17 heavy (non-hydrogen) atoms. The minimum absolute atomic E-state index is 0.317. The van der Waals surface area contributed by atoms with Crippen molar-refractivity contribution in [1.29, 1.82) is 0 Å². The lowest BCUT2D eigenvalue weighted by Crippen LogP contribution is -2.45. The summed E-state index contributed by atoms with van der Waals surface area (Å²) in [6.07, 6.45) is 7.30. The van der Waals surface area contributed by atoms with E-state index in [4.69, 9.17) is 5.73 Å². The fourth-order valence-electron chi connectivity index (χ4n) is 2.77. The molecule has 1 aliphatic heterocycles. The second kappa shape index (κ2) is 5.56. The summed E-state index contributed by atoms with van der Waals surface area (Å²) in [6.45, 7) is 6.11. The number of nitrogens with zero attached hydrogens (tertiary/aromatic N) is 3. The van der Waals surface area contributed by atoms with Gasteiger partial charge in [-0.3, -0.25) is 14.9 Å². The van der Waals surface area contributed by atoms with Gasteiger partial charge >= 0.3 is 0 Å². The Kier molecular flexibility index (Phi) is 4.07. The predicted molar refractivity (Wildman–Crippen MR) is 68.6 cm³/mol. The fraction of sp³-hybridized carbons (Fsp3) is 0.692. The molecule has 0 bridgehead atoms. The molecular formula is C13H22N4. The van der Waals surface area contributed by atoms with Crippen molar-refractivity contribution in [2.45, 2.75) is 45.2 Å². The first-order chi connectivity index (χ1) is 8.24. The molecule has 0 saturated carbocycles. The van der Waals surface area contributed by atoms with Crippen molar-refractivity contribution < 1.29 is 0 Å². The second-order valence-corrected chi connectivity index (χ2v) is 4.83. The average Bonchev–Trinajstić information content (AvgIpc) is 2.38. The van der Waals surface area contributed by atoms with Crippen LogP contribution in [0.4, 0.5) is 0 Å². The number of piperidine rings is 1. The van der Waals surface area contributed by atoms with Crippen LogP contribution in [0.15, 0.2) is 12.4 Å². The zero-order chi connectivity index (χ0) is 12.3. The van der Waals surface area contributed by atoms with Crippen LogP contribution in [0, 0.1) is 6.92 Å². The molecule has 0 radical (unpaired) electrons. The molecule has 2 rings (SSSR count). The van der Waals surface area contributed by atoms with Crippen molar-refractivity contribution in [1.82, 2.24) is 14.9 Å². The summed E-state index contributed by atoms with van der Waals surface area (Å²) in [4.78, 5) is 11.3. The van der Waals surface area contributed by atoms with Crippen LogP contribution in [-0.2, 0) is 0 Å². The van der Waals surface area contributed by atoms with E-state index < -0.39 is 0 Å². The largest absolute Gasteiger partial charge is 0.329 e. The van der Waals surface area contributed by atoms with E-state index >= 15 is 0 Å².